The minimum Gasteiger partial charge on any atom is -0.484 e. The quantitative estimate of drug-likeness (QED) is 0.660. The lowest BCUT2D eigenvalue weighted by atomic mass is 9.97. The molecule has 170 valence electrons. The SMILES string of the molecule is CC1CCCC(C)N1C(=O)COc1ccc(C(=O)OCC(=O)Nc2cccc(F)c2)cc1. The van der Waals surface area contributed by atoms with Crippen molar-refractivity contribution in [1.29, 1.82) is 0 Å². The fourth-order valence-corrected chi connectivity index (χ4v) is 3.80. The molecule has 1 aliphatic rings. The van der Waals surface area contributed by atoms with Crippen LogP contribution in [0.15, 0.2) is 48.5 Å². The van der Waals surface area contributed by atoms with Crippen LogP contribution in [-0.2, 0) is 14.3 Å². The lowest BCUT2D eigenvalue weighted by Crippen LogP contribution is -2.49. The number of likely N-dealkylation sites (tertiary alicyclic amines) is 1. The van der Waals surface area contributed by atoms with E-state index >= 15 is 0 Å². The molecule has 3 rings (SSSR count). The van der Waals surface area contributed by atoms with Gasteiger partial charge in [-0.15, -0.1) is 0 Å². The van der Waals surface area contributed by atoms with Crippen LogP contribution >= 0.6 is 0 Å². The Balaban J connectivity index is 1.45. The number of carbonyl (C=O) groups excluding carboxylic acids is 3. The largest absolute Gasteiger partial charge is 0.484 e. The fraction of sp³-hybridized carbons (Fsp3) is 0.375. The van der Waals surface area contributed by atoms with Crippen LogP contribution in [0.5, 0.6) is 5.75 Å². The van der Waals surface area contributed by atoms with E-state index in [1.165, 1.54) is 30.3 Å². The molecule has 32 heavy (non-hydrogen) atoms. The predicted molar refractivity (Wildman–Crippen MR) is 117 cm³/mol. The van der Waals surface area contributed by atoms with E-state index in [1.54, 1.807) is 12.1 Å². The van der Waals surface area contributed by atoms with Gasteiger partial charge in [-0.25, -0.2) is 9.18 Å². The molecule has 1 heterocycles. The number of halogens is 1. The second-order valence-corrected chi connectivity index (χ2v) is 7.88. The summed E-state index contributed by atoms with van der Waals surface area (Å²) in [6.07, 6.45) is 3.11. The van der Waals surface area contributed by atoms with Gasteiger partial charge in [0.25, 0.3) is 11.8 Å². The van der Waals surface area contributed by atoms with Crippen LogP contribution in [0.2, 0.25) is 0 Å². The summed E-state index contributed by atoms with van der Waals surface area (Å²) in [6.45, 7) is 3.52. The molecule has 1 fully saturated rings. The van der Waals surface area contributed by atoms with Gasteiger partial charge in [0.05, 0.1) is 5.56 Å². The van der Waals surface area contributed by atoms with E-state index in [1.807, 2.05) is 18.7 Å². The van der Waals surface area contributed by atoms with Crippen molar-refractivity contribution < 1.29 is 28.2 Å². The van der Waals surface area contributed by atoms with Crippen molar-refractivity contribution >= 4 is 23.5 Å². The molecule has 1 N–H and O–H groups in total. The maximum absolute atomic E-state index is 13.1. The van der Waals surface area contributed by atoms with E-state index in [0.29, 0.717) is 5.75 Å². The maximum Gasteiger partial charge on any atom is 0.338 e. The maximum atomic E-state index is 13.1. The first-order valence-electron chi connectivity index (χ1n) is 10.6. The van der Waals surface area contributed by atoms with E-state index in [2.05, 4.69) is 5.32 Å². The fourth-order valence-electron chi connectivity index (χ4n) is 3.80. The Kier molecular flexibility index (Phi) is 7.81. The Hall–Kier alpha value is -3.42. The molecular weight excluding hydrogens is 415 g/mol. The number of benzene rings is 2. The molecule has 2 atom stereocenters. The standard InChI is InChI=1S/C24H27FN2O5/c1-16-5-3-6-17(2)27(16)23(29)15-31-21-11-9-18(10-12-21)24(30)32-14-22(28)26-20-8-4-7-19(25)13-20/h4,7-13,16-17H,3,5-6,14-15H2,1-2H3,(H,26,28). The number of ether oxygens (including phenoxy) is 2. The molecule has 0 aliphatic carbocycles. The molecule has 2 unspecified atom stereocenters. The Morgan fingerprint density at radius 2 is 1.72 bits per heavy atom. The molecule has 2 aromatic rings. The van der Waals surface area contributed by atoms with Gasteiger partial charge in [0.2, 0.25) is 0 Å². The second kappa shape index (κ2) is 10.7. The van der Waals surface area contributed by atoms with Gasteiger partial charge in [0.15, 0.2) is 13.2 Å². The molecular formula is C24H27FN2O5. The highest BCUT2D eigenvalue weighted by Crippen LogP contribution is 2.23. The zero-order valence-electron chi connectivity index (χ0n) is 18.2. The van der Waals surface area contributed by atoms with Gasteiger partial charge in [-0.05, 0) is 75.6 Å². The number of rotatable bonds is 7. The molecule has 7 nitrogen and oxygen atoms in total. The van der Waals surface area contributed by atoms with Gasteiger partial charge in [0.1, 0.15) is 11.6 Å². The van der Waals surface area contributed by atoms with Crippen LogP contribution in [0, 0.1) is 5.82 Å². The summed E-state index contributed by atoms with van der Waals surface area (Å²) in [6, 6.07) is 11.9. The zero-order chi connectivity index (χ0) is 23.1. The monoisotopic (exact) mass is 442 g/mol. The van der Waals surface area contributed by atoms with Gasteiger partial charge >= 0.3 is 5.97 Å². The van der Waals surface area contributed by atoms with Crippen LogP contribution in [0.3, 0.4) is 0 Å². The van der Waals surface area contributed by atoms with Crippen LogP contribution in [0.25, 0.3) is 0 Å². The first-order valence-corrected chi connectivity index (χ1v) is 10.6. The topological polar surface area (TPSA) is 84.9 Å². The average Bonchev–Trinajstić information content (AvgIpc) is 2.76. The smallest absolute Gasteiger partial charge is 0.338 e. The molecule has 2 aromatic carbocycles. The lowest BCUT2D eigenvalue weighted by molar-refractivity contribution is -0.139. The number of piperidine rings is 1. The number of carbonyl (C=O) groups is 3. The van der Waals surface area contributed by atoms with E-state index in [-0.39, 0.29) is 35.8 Å². The number of amides is 2. The predicted octanol–water partition coefficient (Wildman–Crippen LogP) is 3.79. The number of nitrogens with zero attached hydrogens (tertiary/aromatic N) is 1. The highest BCUT2D eigenvalue weighted by Gasteiger charge is 2.29. The summed E-state index contributed by atoms with van der Waals surface area (Å²) in [5.41, 5.74) is 0.510. The van der Waals surface area contributed by atoms with Crippen LogP contribution in [0.4, 0.5) is 10.1 Å². The van der Waals surface area contributed by atoms with Crippen molar-refractivity contribution in [2.45, 2.75) is 45.2 Å². The number of nitrogens with one attached hydrogen (secondary N) is 1. The molecule has 0 bridgehead atoms. The van der Waals surface area contributed by atoms with Gasteiger partial charge in [-0.3, -0.25) is 9.59 Å². The third-order valence-corrected chi connectivity index (χ3v) is 5.38. The Labute approximate surface area is 186 Å². The minimum absolute atomic E-state index is 0.0579. The van der Waals surface area contributed by atoms with Crippen LogP contribution < -0.4 is 10.1 Å². The van der Waals surface area contributed by atoms with Gasteiger partial charge in [-0.1, -0.05) is 6.07 Å². The van der Waals surface area contributed by atoms with Crippen molar-refractivity contribution in [3.8, 4) is 5.75 Å². The van der Waals surface area contributed by atoms with Crippen molar-refractivity contribution in [1.82, 2.24) is 4.90 Å². The molecule has 0 aromatic heterocycles. The highest BCUT2D eigenvalue weighted by atomic mass is 19.1. The van der Waals surface area contributed by atoms with E-state index in [0.717, 1.165) is 25.3 Å². The summed E-state index contributed by atoms with van der Waals surface area (Å²) in [4.78, 5) is 38.4. The summed E-state index contributed by atoms with van der Waals surface area (Å²) in [7, 11) is 0. The highest BCUT2D eigenvalue weighted by molar-refractivity contribution is 5.95. The van der Waals surface area contributed by atoms with Gasteiger partial charge < -0.3 is 19.7 Å². The number of hydrogen-bond acceptors (Lipinski definition) is 5. The summed E-state index contributed by atoms with van der Waals surface area (Å²) < 4.78 is 23.7. The van der Waals surface area contributed by atoms with Crippen molar-refractivity contribution in [2.75, 3.05) is 18.5 Å². The average molecular weight is 442 g/mol. The van der Waals surface area contributed by atoms with Crippen LogP contribution in [-0.4, -0.2) is 48.0 Å². The Morgan fingerprint density at radius 1 is 1.03 bits per heavy atom. The van der Waals surface area contributed by atoms with Crippen molar-refractivity contribution in [2.24, 2.45) is 0 Å². The Bertz CT molecular complexity index is 953. The van der Waals surface area contributed by atoms with E-state index < -0.39 is 24.3 Å². The third-order valence-electron chi connectivity index (χ3n) is 5.38. The van der Waals surface area contributed by atoms with Gasteiger partial charge in [-0.2, -0.15) is 0 Å². The molecule has 2 amide bonds. The normalized spacial score (nSPS) is 18.0. The number of esters is 1. The van der Waals surface area contributed by atoms with Crippen molar-refractivity contribution in [3.05, 3.63) is 59.9 Å². The van der Waals surface area contributed by atoms with Gasteiger partial charge in [0, 0.05) is 17.8 Å². The number of hydrogen-bond donors (Lipinski definition) is 1. The van der Waals surface area contributed by atoms with E-state index in [4.69, 9.17) is 9.47 Å². The molecule has 8 heteroatoms. The van der Waals surface area contributed by atoms with Crippen LogP contribution in [0.1, 0.15) is 43.5 Å². The summed E-state index contributed by atoms with van der Waals surface area (Å²) in [5, 5.41) is 2.45. The molecule has 0 saturated carbocycles. The Morgan fingerprint density at radius 3 is 2.38 bits per heavy atom. The van der Waals surface area contributed by atoms with Crippen molar-refractivity contribution in [3.63, 3.8) is 0 Å². The number of anilines is 1. The molecule has 0 radical (unpaired) electrons. The first-order chi connectivity index (χ1) is 15.3. The minimum atomic E-state index is -0.682. The molecule has 1 saturated heterocycles. The second-order valence-electron chi connectivity index (χ2n) is 7.88. The summed E-state index contributed by atoms with van der Waals surface area (Å²) in [5.74, 6) is -1.35. The molecule has 0 spiro atoms. The van der Waals surface area contributed by atoms with E-state index in [9.17, 15) is 18.8 Å². The third kappa shape index (κ3) is 6.29. The first kappa shape index (κ1) is 23.2. The zero-order valence-corrected chi connectivity index (χ0v) is 18.2. The lowest BCUT2D eigenvalue weighted by Gasteiger charge is -2.38. The molecule has 1 aliphatic heterocycles. The summed E-state index contributed by atoms with van der Waals surface area (Å²) >= 11 is 0.